The molecule has 0 radical (unpaired) electrons. The Kier molecular flexibility index (Phi) is 6.71. The van der Waals surface area contributed by atoms with Crippen molar-refractivity contribution in [3.05, 3.63) is 34.2 Å². The van der Waals surface area contributed by atoms with Crippen LogP contribution in [0.1, 0.15) is 63.1 Å². The molecule has 4 heterocycles. The second-order valence-electron chi connectivity index (χ2n) is 11.7. The molecule has 9 heteroatoms. The van der Waals surface area contributed by atoms with Crippen molar-refractivity contribution in [2.75, 3.05) is 46.3 Å². The summed E-state index contributed by atoms with van der Waals surface area (Å²) < 4.78 is 3.56. The number of carbonyl (C=O) groups excluding carboxylic acids is 2. The molecule has 9 nitrogen and oxygen atoms in total. The maximum absolute atomic E-state index is 13.6. The van der Waals surface area contributed by atoms with Crippen LogP contribution >= 0.6 is 0 Å². The lowest BCUT2D eigenvalue weighted by molar-refractivity contribution is -0.149. The topological polar surface area (TPSA) is 82.8 Å². The largest absolute Gasteiger partial charge is 0.330 e. The van der Waals surface area contributed by atoms with Gasteiger partial charge < -0.3 is 5.32 Å². The van der Waals surface area contributed by atoms with Gasteiger partial charge in [0.15, 0.2) is 0 Å². The molecule has 3 saturated heterocycles. The number of imidazole rings is 1. The predicted molar refractivity (Wildman–Crippen MR) is 142 cm³/mol. The Morgan fingerprint density at radius 1 is 0.946 bits per heavy atom. The van der Waals surface area contributed by atoms with Gasteiger partial charge >= 0.3 is 5.69 Å². The van der Waals surface area contributed by atoms with Gasteiger partial charge in [-0.1, -0.05) is 6.07 Å². The number of hydrogen-bond donors (Lipinski definition) is 1. The molecule has 4 fully saturated rings. The van der Waals surface area contributed by atoms with Crippen LogP contribution < -0.4 is 11.0 Å². The first-order chi connectivity index (χ1) is 17.9. The number of fused-ring (bicyclic) bond motifs is 1. The van der Waals surface area contributed by atoms with Gasteiger partial charge in [-0.15, -0.1) is 0 Å². The molecule has 0 bridgehead atoms. The first-order valence-corrected chi connectivity index (χ1v) is 14.1. The van der Waals surface area contributed by atoms with E-state index in [4.69, 9.17) is 0 Å². The van der Waals surface area contributed by atoms with Crippen molar-refractivity contribution in [1.82, 2.24) is 29.2 Å². The van der Waals surface area contributed by atoms with Crippen molar-refractivity contribution >= 4 is 22.8 Å². The zero-order valence-corrected chi connectivity index (χ0v) is 22.2. The van der Waals surface area contributed by atoms with Crippen LogP contribution in [0.25, 0.3) is 11.0 Å². The molecule has 2 atom stereocenters. The SMILES string of the molecule is C[C@H]1CN(Cc2ccc3c(c2)n(C2CC2)c(=O)n3C2CCC(=O)N(C)C2=O)CCN1CC1CCNCC1. The van der Waals surface area contributed by atoms with Gasteiger partial charge in [0.1, 0.15) is 6.04 Å². The molecule has 4 aliphatic rings. The number of carbonyl (C=O) groups is 2. The molecule has 200 valence electrons. The van der Waals surface area contributed by atoms with Gasteiger partial charge in [-0.05, 0) is 75.7 Å². The van der Waals surface area contributed by atoms with E-state index in [1.165, 1.54) is 36.9 Å². The normalized spacial score (nSPS) is 26.9. The first kappa shape index (κ1) is 24.8. The number of nitrogens with zero attached hydrogens (tertiary/aromatic N) is 5. The summed E-state index contributed by atoms with van der Waals surface area (Å²) in [5.41, 5.74) is 2.83. The van der Waals surface area contributed by atoms with Crippen LogP contribution in [-0.2, 0) is 16.1 Å². The standard InChI is InChI=1S/C28H40N6O3/c1-19-16-31(13-14-32(19)18-20-9-11-29-12-10-20)17-21-3-6-23-25(15-21)33(22-4-5-22)28(37)34(23)24-7-8-26(35)30(2)27(24)36/h3,6,15,19-20,22,24,29H,4-5,7-14,16-18H2,1-2H3/t19-,24?/m0/s1. The van der Waals surface area contributed by atoms with Crippen LogP contribution in [0.3, 0.4) is 0 Å². The molecule has 6 rings (SSSR count). The fourth-order valence-corrected chi connectivity index (χ4v) is 6.65. The number of aromatic nitrogens is 2. The number of amides is 2. The van der Waals surface area contributed by atoms with Crippen LogP contribution in [0.5, 0.6) is 0 Å². The molecule has 1 N–H and O–H groups in total. The number of piperidine rings is 2. The Labute approximate surface area is 218 Å². The Bertz CT molecular complexity index is 1240. The van der Waals surface area contributed by atoms with Gasteiger partial charge in [0, 0.05) is 58.3 Å². The lowest BCUT2D eigenvalue weighted by Gasteiger charge is -2.42. The third kappa shape index (κ3) is 4.77. The molecule has 1 aromatic heterocycles. The van der Waals surface area contributed by atoms with E-state index < -0.39 is 6.04 Å². The molecule has 1 aliphatic carbocycles. The van der Waals surface area contributed by atoms with Crippen molar-refractivity contribution < 1.29 is 9.59 Å². The molecule has 1 unspecified atom stereocenters. The molecular weight excluding hydrogens is 468 g/mol. The number of imide groups is 1. The average Bonchev–Trinajstić information content (AvgIpc) is 3.68. The number of likely N-dealkylation sites (tertiary alicyclic amines) is 1. The minimum Gasteiger partial charge on any atom is -0.317 e. The summed E-state index contributed by atoms with van der Waals surface area (Å²) in [4.78, 5) is 45.0. The Hall–Kier alpha value is -2.49. The lowest BCUT2D eigenvalue weighted by atomic mass is 9.96. The highest BCUT2D eigenvalue weighted by atomic mass is 16.2. The fourth-order valence-electron chi connectivity index (χ4n) is 6.65. The molecule has 1 aromatic carbocycles. The number of rotatable bonds is 6. The summed E-state index contributed by atoms with van der Waals surface area (Å²) in [7, 11) is 1.52. The minimum atomic E-state index is -0.613. The summed E-state index contributed by atoms with van der Waals surface area (Å²) in [5, 5.41) is 3.47. The highest BCUT2D eigenvalue weighted by molar-refractivity contribution is 5.99. The number of benzene rings is 1. The van der Waals surface area contributed by atoms with E-state index in [0.717, 1.165) is 69.1 Å². The number of nitrogens with one attached hydrogen (secondary N) is 1. The molecular formula is C28H40N6O3. The molecule has 2 amide bonds. The van der Waals surface area contributed by atoms with E-state index in [0.29, 0.717) is 12.5 Å². The summed E-state index contributed by atoms with van der Waals surface area (Å²) in [6.07, 6.45) is 5.23. The molecule has 3 aliphatic heterocycles. The molecule has 0 spiro atoms. The highest BCUT2D eigenvalue weighted by Gasteiger charge is 2.37. The van der Waals surface area contributed by atoms with Gasteiger partial charge in [-0.3, -0.25) is 33.4 Å². The quantitative estimate of drug-likeness (QED) is 0.601. The first-order valence-electron chi connectivity index (χ1n) is 14.1. The van der Waals surface area contributed by atoms with Crippen LogP contribution in [-0.4, -0.2) is 88.0 Å². The van der Waals surface area contributed by atoms with Crippen molar-refractivity contribution in [2.45, 2.75) is 70.1 Å². The number of piperazine rings is 1. The Morgan fingerprint density at radius 2 is 1.73 bits per heavy atom. The second kappa shape index (κ2) is 10.0. The van der Waals surface area contributed by atoms with Gasteiger partial charge in [0.25, 0.3) is 5.91 Å². The summed E-state index contributed by atoms with van der Waals surface area (Å²) >= 11 is 0. The zero-order chi connectivity index (χ0) is 25.7. The molecule has 37 heavy (non-hydrogen) atoms. The average molecular weight is 509 g/mol. The van der Waals surface area contributed by atoms with Crippen LogP contribution in [0.15, 0.2) is 23.0 Å². The maximum atomic E-state index is 13.6. The van der Waals surface area contributed by atoms with E-state index in [1.54, 1.807) is 4.57 Å². The van der Waals surface area contributed by atoms with E-state index in [1.807, 2.05) is 10.6 Å². The third-order valence-corrected chi connectivity index (χ3v) is 9.02. The summed E-state index contributed by atoms with van der Waals surface area (Å²) in [6, 6.07) is 6.44. The van der Waals surface area contributed by atoms with Crippen molar-refractivity contribution in [1.29, 1.82) is 0 Å². The second-order valence-corrected chi connectivity index (χ2v) is 11.7. The van der Waals surface area contributed by atoms with Gasteiger partial charge in [-0.25, -0.2) is 4.79 Å². The summed E-state index contributed by atoms with van der Waals surface area (Å²) in [5.74, 6) is 0.357. The van der Waals surface area contributed by atoms with Crippen molar-refractivity contribution in [3.63, 3.8) is 0 Å². The van der Waals surface area contributed by atoms with Gasteiger partial charge in [-0.2, -0.15) is 0 Å². The summed E-state index contributed by atoms with van der Waals surface area (Å²) in [6.45, 7) is 9.95. The van der Waals surface area contributed by atoms with E-state index >= 15 is 0 Å². The third-order valence-electron chi connectivity index (χ3n) is 9.02. The van der Waals surface area contributed by atoms with E-state index in [2.05, 4.69) is 34.2 Å². The fraction of sp³-hybridized carbons (Fsp3) is 0.679. The van der Waals surface area contributed by atoms with Crippen molar-refractivity contribution in [2.24, 2.45) is 5.92 Å². The Balaban J connectivity index is 1.21. The smallest absolute Gasteiger partial charge is 0.317 e. The number of hydrogen-bond acceptors (Lipinski definition) is 6. The highest BCUT2D eigenvalue weighted by Crippen LogP contribution is 2.37. The Morgan fingerprint density at radius 3 is 2.46 bits per heavy atom. The molecule has 1 saturated carbocycles. The van der Waals surface area contributed by atoms with E-state index in [9.17, 15) is 14.4 Å². The van der Waals surface area contributed by atoms with Crippen LogP contribution in [0, 0.1) is 5.92 Å². The van der Waals surface area contributed by atoms with Crippen LogP contribution in [0.2, 0.25) is 0 Å². The lowest BCUT2D eigenvalue weighted by Crippen LogP contribution is -2.53. The van der Waals surface area contributed by atoms with E-state index in [-0.39, 0.29) is 30.0 Å². The molecule has 2 aromatic rings. The maximum Gasteiger partial charge on any atom is 0.330 e. The zero-order valence-electron chi connectivity index (χ0n) is 22.2. The van der Waals surface area contributed by atoms with Gasteiger partial charge in [0.2, 0.25) is 5.91 Å². The minimum absolute atomic E-state index is 0.115. The van der Waals surface area contributed by atoms with Crippen molar-refractivity contribution in [3.8, 4) is 0 Å². The number of likely N-dealkylation sites (N-methyl/N-ethyl adjacent to an activating group) is 1. The van der Waals surface area contributed by atoms with Gasteiger partial charge in [0.05, 0.1) is 11.0 Å². The predicted octanol–water partition coefficient (Wildman–Crippen LogP) is 1.96. The van der Waals surface area contributed by atoms with Crippen LogP contribution in [0.4, 0.5) is 0 Å². The monoisotopic (exact) mass is 508 g/mol.